The number of ether oxygens (including phenoxy) is 2. The number of hydrogen-bond donors (Lipinski definition) is 1. The van der Waals surface area contributed by atoms with E-state index in [1.807, 2.05) is 25.1 Å². The highest BCUT2D eigenvalue weighted by Crippen LogP contribution is 2.59. The van der Waals surface area contributed by atoms with Crippen LogP contribution < -0.4 is 10.1 Å². The Morgan fingerprint density at radius 2 is 1.68 bits per heavy atom. The van der Waals surface area contributed by atoms with Gasteiger partial charge in [0, 0.05) is 6.54 Å². The number of hydrogen-bond acceptors (Lipinski definition) is 4. The molecule has 5 rings (SSSR count). The molecule has 28 heavy (non-hydrogen) atoms. The fraction of sp³-hybridized carbons (Fsp3) is 0.652. The van der Waals surface area contributed by atoms with Gasteiger partial charge in [-0.15, -0.1) is 0 Å². The van der Waals surface area contributed by atoms with Crippen LogP contribution in [0.2, 0.25) is 0 Å². The van der Waals surface area contributed by atoms with Crippen molar-refractivity contribution in [1.82, 2.24) is 5.32 Å². The van der Waals surface area contributed by atoms with Crippen LogP contribution in [0.4, 0.5) is 0 Å². The van der Waals surface area contributed by atoms with E-state index in [9.17, 15) is 9.59 Å². The van der Waals surface area contributed by atoms with Crippen LogP contribution in [0.5, 0.6) is 5.75 Å². The second-order valence-electron chi connectivity index (χ2n) is 9.13. The van der Waals surface area contributed by atoms with Crippen molar-refractivity contribution >= 4 is 11.9 Å². The number of benzene rings is 1. The lowest BCUT2D eigenvalue weighted by molar-refractivity contribution is -0.155. The molecule has 0 aliphatic heterocycles. The molecular weight excluding hydrogens is 354 g/mol. The summed E-state index contributed by atoms with van der Waals surface area (Å²) in [5, 5.41) is 3.04. The van der Waals surface area contributed by atoms with Crippen molar-refractivity contribution in [3.05, 3.63) is 30.3 Å². The lowest BCUT2D eigenvalue weighted by atomic mass is 9.49. The van der Waals surface area contributed by atoms with Gasteiger partial charge in [-0.1, -0.05) is 25.1 Å². The lowest BCUT2D eigenvalue weighted by Crippen LogP contribution is -2.51. The van der Waals surface area contributed by atoms with Crippen molar-refractivity contribution in [2.45, 2.75) is 58.0 Å². The van der Waals surface area contributed by atoms with Gasteiger partial charge in [0.15, 0.2) is 12.7 Å². The second kappa shape index (κ2) is 8.14. The first kappa shape index (κ1) is 19.3. The minimum Gasteiger partial charge on any atom is -0.479 e. The van der Waals surface area contributed by atoms with Crippen LogP contribution in [0.3, 0.4) is 0 Å². The summed E-state index contributed by atoms with van der Waals surface area (Å²) >= 11 is 0. The highest BCUT2D eigenvalue weighted by atomic mass is 16.6. The van der Waals surface area contributed by atoms with E-state index in [4.69, 9.17) is 9.47 Å². The van der Waals surface area contributed by atoms with Gasteiger partial charge in [-0.05, 0) is 80.2 Å². The van der Waals surface area contributed by atoms with Crippen molar-refractivity contribution < 1.29 is 19.1 Å². The summed E-state index contributed by atoms with van der Waals surface area (Å²) in [5.41, 5.74) is 0.288. The Hall–Kier alpha value is -2.04. The molecule has 0 spiro atoms. The molecule has 5 nitrogen and oxygen atoms in total. The molecule has 1 N–H and O–H groups in total. The molecule has 152 valence electrons. The number of carbonyl (C=O) groups excluding carboxylic acids is 2. The SMILES string of the molecule is CC[C@H](Oc1ccccc1)C(=O)OCC(=O)NCC12CC3CC(CC(C3)C1)C2. The molecule has 0 radical (unpaired) electrons. The average Bonchev–Trinajstić information content (AvgIpc) is 2.68. The predicted molar refractivity (Wildman–Crippen MR) is 106 cm³/mol. The van der Waals surface area contributed by atoms with Crippen LogP contribution in [0.25, 0.3) is 0 Å². The fourth-order valence-electron chi connectivity index (χ4n) is 6.03. The summed E-state index contributed by atoms with van der Waals surface area (Å²) in [7, 11) is 0. The number of nitrogens with one attached hydrogen (secondary N) is 1. The van der Waals surface area contributed by atoms with Gasteiger partial charge < -0.3 is 14.8 Å². The molecule has 0 heterocycles. The van der Waals surface area contributed by atoms with E-state index < -0.39 is 12.1 Å². The van der Waals surface area contributed by atoms with Crippen molar-refractivity contribution in [2.75, 3.05) is 13.2 Å². The maximum Gasteiger partial charge on any atom is 0.347 e. The molecular formula is C23H31NO4. The Morgan fingerprint density at radius 3 is 2.25 bits per heavy atom. The van der Waals surface area contributed by atoms with Crippen molar-refractivity contribution in [1.29, 1.82) is 0 Å². The van der Waals surface area contributed by atoms with Gasteiger partial charge in [-0.3, -0.25) is 4.79 Å². The van der Waals surface area contributed by atoms with E-state index in [1.165, 1.54) is 38.5 Å². The highest BCUT2D eigenvalue weighted by Gasteiger charge is 2.50. The Balaban J connectivity index is 1.22. The van der Waals surface area contributed by atoms with Crippen LogP contribution >= 0.6 is 0 Å². The van der Waals surface area contributed by atoms with Crippen LogP contribution in [0, 0.1) is 23.2 Å². The molecule has 1 amide bonds. The zero-order valence-corrected chi connectivity index (χ0v) is 16.7. The van der Waals surface area contributed by atoms with Crippen LogP contribution in [-0.4, -0.2) is 31.1 Å². The monoisotopic (exact) mass is 385 g/mol. The van der Waals surface area contributed by atoms with E-state index in [0.29, 0.717) is 12.2 Å². The molecule has 1 aromatic rings. The summed E-state index contributed by atoms with van der Waals surface area (Å²) < 4.78 is 10.9. The zero-order chi connectivity index (χ0) is 19.6. The quantitative estimate of drug-likeness (QED) is 0.693. The average molecular weight is 386 g/mol. The number of rotatable bonds is 8. The van der Waals surface area contributed by atoms with E-state index in [-0.39, 0.29) is 17.9 Å². The van der Waals surface area contributed by atoms with E-state index >= 15 is 0 Å². The summed E-state index contributed by atoms with van der Waals surface area (Å²) in [5.74, 6) is 2.51. The van der Waals surface area contributed by atoms with Crippen molar-refractivity contribution in [3.63, 3.8) is 0 Å². The van der Waals surface area contributed by atoms with E-state index in [0.717, 1.165) is 24.3 Å². The molecule has 1 aromatic carbocycles. The standard InChI is InChI=1S/C23H31NO4/c1-2-20(28-19-6-4-3-5-7-19)22(26)27-14-21(25)24-15-23-11-16-8-17(12-23)10-18(9-16)13-23/h3-7,16-18,20H,2,8-15H2,1H3,(H,24,25)/t16?,17?,18?,20-,23?/m0/s1. The van der Waals surface area contributed by atoms with E-state index in [1.54, 1.807) is 12.1 Å². The Kier molecular flexibility index (Phi) is 5.61. The molecule has 4 fully saturated rings. The third-order valence-corrected chi connectivity index (χ3v) is 6.83. The summed E-state index contributed by atoms with van der Waals surface area (Å²) in [4.78, 5) is 24.6. The Labute approximate surface area is 167 Å². The van der Waals surface area contributed by atoms with Gasteiger partial charge in [0.2, 0.25) is 0 Å². The number of amides is 1. The van der Waals surface area contributed by atoms with Crippen LogP contribution in [0.15, 0.2) is 30.3 Å². The van der Waals surface area contributed by atoms with Gasteiger partial charge in [0.1, 0.15) is 5.75 Å². The third-order valence-electron chi connectivity index (χ3n) is 6.83. The number of esters is 1. The van der Waals surface area contributed by atoms with E-state index in [2.05, 4.69) is 5.32 Å². The predicted octanol–water partition coefficient (Wildman–Crippen LogP) is 3.72. The molecule has 0 saturated heterocycles. The van der Waals surface area contributed by atoms with Gasteiger partial charge in [-0.25, -0.2) is 4.79 Å². The second-order valence-corrected chi connectivity index (χ2v) is 9.13. The van der Waals surface area contributed by atoms with Gasteiger partial charge >= 0.3 is 5.97 Å². The molecule has 4 saturated carbocycles. The largest absolute Gasteiger partial charge is 0.479 e. The molecule has 5 heteroatoms. The zero-order valence-electron chi connectivity index (χ0n) is 16.7. The van der Waals surface area contributed by atoms with Gasteiger partial charge in [0.25, 0.3) is 5.91 Å². The number of para-hydroxylation sites is 1. The smallest absolute Gasteiger partial charge is 0.347 e. The first-order chi connectivity index (χ1) is 13.5. The third kappa shape index (κ3) is 4.34. The normalized spacial score (nSPS) is 31.2. The minimum absolute atomic E-state index is 0.210. The molecule has 0 unspecified atom stereocenters. The molecule has 0 aromatic heterocycles. The fourth-order valence-corrected chi connectivity index (χ4v) is 6.03. The molecule has 4 aliphatic rings. The first-order valence-electron chi connectivity index (χ1n) is 10.7. The maximum absolute atomic E-state index is 12.3. The Bertz CT molecular complexity index is 667. The topological polar surface area (TPSA) is 64.6 Å². The van der Waals surface area contributed by atoms with Crippen molar-refractivity contribution in [3.8, 4) is 5.75 Å². The minimum atomic E-state index is -0.696. The molecule has 4 bridgehead atoms. The summed E-state index contributed by atoms with van der Waals surface area (Å²) in [6, 6.07) is 9.19. The maximum atomic E-state index is 12.3. The van der Waals surface area contributed by atoms with Crippen LogP contribution in [-0.2, 0) is 14.3 Å². The number of carbonyl (C=O) groups is 2. The molecule has 4 aliphatic carbocycles. The summed E-state index contributed by atoms with van der Waals surface area (Å²) in [6.07, 6.45) is 7.73. The van der Waals surface area contributed by atoms with Gasteiger partial charge in [-0.2, -0.15) is 0 Å². The Morgan fingerprint density at radius 1 is 1.07 bits per heavy atom. The van der Waals surface area contributed by atoms with Gasteiger partial charge in [0.05, 0.1) is 0 Å². The highest BCUT2D eigenvalue weighted by molar-refractivity contribution is 5.82. The first-order valence-corrected chi connectivity index (χ1v) is 10.7. The summed E-state index contributed by atoms with van der Waals surface area (Å²) in [6.45, 7) is 2.35. The van der Waals surface area contributed by atoms with Crippen molar-refractivity contribution in [2.24, 2.45) is 23.2 Å². The molecule has 1 atom stereocenters. The van der Waals surface area contributed by atoms with Crippen LogP contribution in [0.1, 0.15) is 51.9 Å². The lowest BCUT2D eigenvalue weighted by Gasteiger charge is -2.56.